The number of carbonyl (C=O) groups is 3. The number of rotatable bonds is 10. The zero-order valence-electron chi connectivity index (χ0n) is 18.6. The van der Waals surface area contributed by atoms with E-state index in [2.05, 4.69) is 4.98 Å². The largest absolute Gasteiger partial charge is 0.458 e. The van der Waals surface area contributed by atoms with E-state index < -0.39 is 24.5 Å². The fourth-order valence-corrected chi connectivity index (χ4v) is 3.68. The van der Waals surface area contributed by atoms with Gasteiger partial charge in [-0.15, -0.1) is 0 Å². The van der Waals surface area contributed by atoms with Gasteiger partial charge >= 0.3 is 17.9 Å². The summed E-state index contributed by atoms with van der Waals surface area (Å²) in [6.45, 7) is 3.76. The molecule has 8 nitrogen and oxygen atoms in total. The second kappa shape index (κ2) is 11.7. The van der Waals surface area contributed by atoms with E-state index in [9.17, 15) is 14.4 Å². The van der Waals surface area contributed by atoms with Crippen LogP contribution >= 0.6 is 0 Å². The number of aromatic amines is 1. The second-order valence-corrected chi connectivity index (χ2v) is 7.90. The number of hydrogen-bond acceptors (Lipinski definition) is 7. The fourth-order valence-electron chi connectivity index (χ4n) is 3.68. The Balaban J connectivity index is 1.54. The average Bonchev–Trinajstić information content (AvgIpc) is 3.17. The van der Waals surface area contributed by atoms with Crippen molar-refractivity contribution in [3.8, 4) is 0 Å². The molecule has 1 N–H and O–H groups in total. The maximum atomic E-state index is 12.4. The fraction of sp³-hybridized carbons (Fsp3) is 0.542. The third-order valence-electron chi connectivity index (χ3n) is 5.30. The zero-order chi connectivity index (χ0) is 22.9. The molecule has 1 fully saturated rings. The smallest absolute Gasteiger partial charge is 0.308 e. The average molecular weight is 446 g/mol. The van der Waals surface area contributed by atoms with Crippen molar-refractivity contribution in [3.05, 3.63) is 36.0 Å². The van der Waals surface area contributed by atoms with Gasteiger partial charge in [0.2, 0.25) is 6.29 Å². The van der Waals surface area contributed by atoms with Crippen LogP contribution in [0.25, 0.3) is 10.9 Å². The molecule has 2 aromatic rings. The summed E-state index contributed by atoms with van der Waals surface area (Å²) in [6, 6.07) is 7.90. The number of para-hydroxylation sites is 1. The predicted octanol–water partition coefficient (Wildman–Crippen LogP) is 3.81. The van der Waals surface area contributed by atoms with E-state index in [1.54, 1.807) is 0 Å². The van der Waals surface area contributed by atoms with Gasteiger partial charge in [-0.1, -0.05) is 32.0 Å². The summed E-state index contributed by atoms with van der Waals surface area (Å²) in [7, 11) is 0. The van der Waals surface area contributed by atoms with Crippen LogP contribution in [-0.2, 0) is 39.8 Å². The molecule has 0 bridgehead atoms. The quantitative estimate of drug-likeness (QED) is 0.438. The van der Waals surface area contributed by atoms with Gasteiger partial charge in [0.25, 0.3) is 0 Å². The lowest BCUT2D eigenvalue weighted by Gasteiger charge is -2.34. The van der Waals surface area contributed by atoms with E-state index in [0.717, 1.165) is 16.5 Å². The maximum absolute atomic E-state index is 12.4. The van der Waals surface area contributed by atoms with Crippen molar-refractivity contribution in [1.82, 2.24) is 4.98 Å². The van der Waals surface area contributed by atoms with Crippen LogP contribution in [0, 0.1) is 0 Å². The predicted molar refractivity (Wildman–Crippen MR) is 117 cm³/mol. The number of aromatic nitrogens is 1. The van der Waals surface area contributed by atoms with Crippen molar-refractivity contribution < 1.29 is 33.3 Å². The lowest BCUT2D eigenvalue weighted by atomic mass is 10.1. The summed E-state index contributed by atoms with van der Waals surface area (Å²) in [5.74, 6) is -1.15. The highest BCUT2D eigenvalue weighted by Gasteiger charge is 2.38. The Hall–Kier alpha value is -2.87. The van der Waals surface area contributed by atoms with E-state index in [-0.39, 0.29) is 44.2 Å². The van der Waals surface area contributed by atoms with Crippen molar-refractivity contribution in [2.45, 2.75) is 77.3 Å². The molecule has 1 aromatic heterocycles. The van der Waals surface area contributed by atoms with E-state index in [0.29, 0.717) is 19.3 Å². The Bertz CT molecular complexity index is 922. The standard InChI is InChI=1S/C24H31NO7/c1-3-7-21(26)30-19-13-24(29-15-20(19)31-22(27)8-4-2)32-23(28)12-11-16-14-25-18-10-6-5-9-17(16)18/h5-6,9-10,14,19-20,24-25H,3-4,7-8,11-13,15H2,1-2H3/t19-,20-,24+/m1/s1. The van der Waals surface area contributed by atoms with Crippen molar-refractivity contribution >= 4 is 28.8 Å². The molecule has 0 aliphatic carbocycles. The second-order valence-electron chi connectivity index (χ2n) is 7.90. The van der Waals surface area contributed by atoms with Crippen molar-refractivity contribution in [2.24, 2.45) is 0 Å². The van der Waals surface area contributed by atoms with Crippen molar-refractivity contribution in [3.63, 3.8) is 0 Å². The van der Waals surface area contributed by atoms with Crippen molar-refractivity contribution in [2.75, 3.05) is 6.61 Å². The first-order chi connectivity index (χ1) is 15.5. The summed E-state index contributed by atoms with van der Waals surface area (Å²) >= 11 is 0. The number of aryl methyl sites for hydroxylation is 1. The molecular formula is C24H31NO7. The molecule has 0 saturated carbocycles. The first-order valence-corrected chi connectivity index (χ1v) is 11.2. The molecule has 3 atom stereocenters. The van der Waals surface area contributed by atoms with Gasteiger partial charge in [0.15, 0.2) is 6.10 Å². The highest BCUT2D eigenvalue weighted by atomic mass is 16.7. The number of hydrogen-bond donors (Lipinski definition) is 1. The lowest BCUT2D eigenvalue weighted by Crippen LogP contribution is -2.47. The molecule has 0 radical (unpaired) electrons. The lowest BCUT2D eigenvalue weighted by molar-refractivity contribution is -0.230. The van der Waals surface area contributed by atoms with E-state index in [1.165, 1.54) is 0 Å². The zero-order valence-corrected chi connectivity index (χ0v) is 18.6. The normalized spacial score (nSPS) is 20.6. The molecule has 2 heterocycles. The SMILES string of the molecule is CCCC(=O)O[C@@H]1CO[C@@H](OC(=O)CCc2c[nH]c3ccccc23)C[C@H]1OC(=O)CCC. The number of ether oxygens (including phenoxy) is 4. The minimum Gasteiger partial charge on any atom is -0.458 e. The number of carbonyl (C=O) groups excluding carboxylic acids is 3. The van der Waals surface area contributed by atoms with Gasteiger partial charge in [-0.3, -0.25) is 14.4 Å². The summed E-state index contributed by atoms with van der Waals surface area (Å²) in [6.07, 6.45) is 2.31. The van der Waals surface area contributed by atoms with E-state index in [4.69, 9.17) is 18.9 Å². The molecular weight excluding hydrogens is 414 g/mol. The number of esters is 3. The number of nitrogens with one attached hydrogen (secondary N) is 1. The maximum Gasteiger partial charge on any atom is 0.308 e. The van der Waals surface area contributed by atoms with Crippen LogP contribution in [0.3, 0.4) is 0 Å². The summed E-state index contributed by atoms with van der Waals surface area (Å²) in [5, 5.41) is 1.08. The molecule has 1 aliphatic heterocycles. The molecule has 0 spiro atoms. The highest BCUT2D eigenvalue weighted by Crippen LogP contribution is 2.24. The number of fused-ring (bicyclic) bond motifs is 1. The molecule has 0 unspecified atom stereocenters. The minimum absolute atomic E-state index is 0.0000786. The summed E-state index contributed by atoms with van der Waals surface area (Å²) in [4.78, 5) is 39.5. The Morgan fingerprint density at radius 3 is 2.31 bits per heavy atom. The van der Waals surface area contributed by atoms with Gasteiger partial charge < -0.3 is 23.9 Å². The van der Waals surface area contributed by atoms with Gasteiger partial charge in [0, 0.05) is 36.4 Å². The molecule has 174 valence electrons. The van der Waals surface area contributed by atoms with Gasteiger partial charge in [-0.25, -0.2) is 0 Å². The summed E-state index contributed by atoms with van der Waals surface area (Å²) in [5.41, 5.74) is 2.06. The van der Waals surface area contributed by atoms with Crippen LogP contribution in [0.5, 0.6) is 0 Å². The minimum atomic E-state index is -0.856. The molecule has 1 aromatic carbocycles. The Kier molecular flexibility index (Phi) is 8.67. The van der Waals surface area contributed by atoms with E-state index >= 15 is 0 Å². The monoisotopic (exact) mass is 445 g/mol. The third-order valence-corrected chi connectivity index (χ3v) is 5.30. The van der Waals surface area contributed by atoms with Gasteiger partial charge in [-0.2, -0.15) is 0 Å². The van der Waals surface area contributed by atoms with E-state index in [1.807, 2.05) is 44.3 Å². The topological polar surface area (TPSA) is 104 Å². The molecule has 3 rings (SSSR count). The van der Waals surface area contributed by atoms with Crippen LogP contribution in [0.15, 0.2) is 30.5 Å². The molecule has 32 heavy (non-hydrogen) atoms. The molecule has 8 heteroatoms. The highest BCUT2D eigenvalue weighted by molar-refractivity contribution is 5.83. The Labute approximate surface area is 187 Å². The van der Waals surface area contributed by atoms with Crippen LogP contribution in [0.4, 0.5) is 0 Å². The first-order valence-electron chi connectivity index (χ1n) is 11.2. The van der Waals surface area contributed by atoms with Crippen LogP contribution in [-0.4, -0.2) is 48.0 Å². The molecule has 1 saturated heterocycles. The molecule has 1 aliphatic rings. The Morgan fingerprint density at radius 2 is 1.59 bits per heavy atom. The van der Waals surface area contributed by atoms with Gasteiger partial charge in [-0.05, 0) is 30.9 Å². The Morgan fingerprint density at radius 1 is 0.938 bits per heavy atom. The third kappa shape index (κ3) is 6.56. The number of H-pyrrole nitrogens is 1. The van der Waals surface area contributed by atoms with Gasteiger partial charge in [0.05, 0.1) is 13.0 Å². The number of benzene rings is 1. The van der Waals surface area contributed by atoms with Crippen LogP contribution in [0.1, 0.15) is 57.9 Å². The van der Waals surface area contributed by atoms with Crippen molar-refractivity contribution in [1.29, 1.82) is 0 Å². The summed E-state index contributed by atoms with van der Waals surface area (Å²) < 4.78 is 22.0. The molecule has 0 amide bonds. The first kappa shape index (κ1) is 23.8. The van der Waals surface area contributed by atoms with Crippen LogP contribution < -0.4 is 0 Å². The van der Waals surface area contributed by atoms with Gasteiger partial charge in [0.1, 0.15) is 6.10 Å². The van der Waals surface area contributed by atoms with Crippen LogP contribution in [0.2, 0.25) is 0 Å².